The van der Waals surface area contributed by atoms with Gasteiger partial charge in [-0.1, -0.05) is 84.3 Å². The lowest BCUT2D eigenvalue weighted by Crippen LogP contribution is -2.33. The van der Waals surface area contributed by atoms with E-state index in [9.17, 15) is 0 Å². The zero-order valence-electron chi connectivity index (χ0n) is 22.5. The molecule has 0 aliphatic rings. The maximum atomic E-state index is 2.29. The van der Waals surface area contributed by atoms with Crippen LogP contribution in [0.15, 0.2) is 146 Å². The molecule has 40 heavy (non-hydrogen) atoms. The highest BCUT2D eigenvalue weighted by Gasteiger charge is 2.12. The summed E-state index contributed by atoms with van der Waals surface area (Å²) in [5, 5.41) is 0. The van der Waals surface area contributed by atoms with E-state index in [1.807, 2.05) is 11.3 Å². The van der Waals surface area contributed by atoms with Gasteiger partial charge in [0.2, 0.25) is 0 Å². The second-order valence-electron chi connectivity index (χ2n) is 9.88. The van der Waals surface area contributed by atoms with Gasteiger partial charge in [0.15, 0.2) is 18.9 Å². The van der Waals surface area contributed by atoms with E-state index in [0.29, 0.717) is 0 Å². The molecule has 0 aliphatic heterocycles. The molecule has 0 atom stereocenters. The van der Waals surface area contributed by atoms with Gasteiger partial charge < -0.3 is 4.90 Å². The SMILES string of the molecule is Bc1ccc(C[n+]2ccc(/C=C/c3ccc(-c4ccc(N(c5ccccc5)c5ccccc5)cc4)s3)cc2)cc1. The number of para-hydroxylation sites is 2. The van der Waals surface area contributed by atoms with Crippen molar-refractivity contribution in [3.05, 3.63) is 162 Å². The van der Waals surface area contributed by atoms with E-state index in [1.54, 1.807) is 0 Å². The van der Waals surface area contributed by atoms with Gasteiger partial charge in [-0.05, 0) is 65.7 Å². The molecular weight excluding hydrogens is 503 g/mol. The Kier molecular flexibility index (Phi) is 7.70. The molecule has 0 fully saturated rings. The molecule has 2 nitrogen and oxygen atoms in total. The third-order valence-electron chi connectivity index (χ3n) is 6.91. The second kappa shape index (κ2) is 12.0. The van der Waals surface area contributed by atoms with Gasteiger partial charge in [-0.3, -0.25) is 0 Å². The number of anilines is 3. The van der Waals surface area contributed by atoms with Crippen LogP contribution in [0.3, 0.4) is 0 Å². The topological polar surface area (TPSA) is 7.12 Å². The van der Waals surface area contributed by atoms with Crippen LogP contribution in [-0.2, 0) is 6.54 Å². The molecule has 4 aromatic carbocycles. The predicted octanol–water partition coefficient (Wildman–Crippen LogP) is 7.65. The number of hydrogen-bond donors (Lipinski definition) is 0. The van der Waals surface area contributed by atoms with E-state index in [1.165, 1.54) is 31.9 Å². The normalized spacial score (nSPS) is 11.1. The maximum Gasteiger partial charge on any atom is 0.173 e. The highest BCUT2D eigenvalue weighted by atomic mass is 32.1. The Morgan fingerprint density at radius 2 is 1.20 bits per heavy atom. The van der Waals surface area contributed by atoms with Gasteiger partial charge >= 0.3 is 0 Å². The fourth-order valence-corrected chi connectivity index (χ4v) is 5.66. The maximum absolute atomic E-state index is 2.29. The van der Waals surface area contributed by atoms with E-state index in [2.05, 4.69) is 175 Å². The van der Waals surface area contributed by atoms with Crippen LogP contribution in [0.1, 0.15) is 16.0 Å². The monoisotopic (exact) mass is 533 g/mol. The first-order valence-corrected chi connectivity index (χ1v) is 14.4. The smallest absolute Gasteiger partial charge is 0.173 e. The highest BCUT2D eigenvalue weighted by Crippen LogP contribution is 2.36. The number of rotatable bonds is 8. The van der Waals surface area contributed by atoms with Crippen LogP contribution in [-0.4, -0.2) is 7.85 Å². The second-order valence-corrected chi connectivity index (χ2v) is 11.0. The molecule has 2 aromatic heterocycles. The summed E-state index contributed by atoms with van der Waals surface area (Å²) in [6.45, 7) is 0.881. The van der Waals surface area contributed by atoms with Crippen molar-refractivity contribution in [1.29, 1.82) is 0 Å². The Labute approximate surface area is 241 Å². The average molecular weight is 534 g/mol. The summed E-state index contributed by atoms with van der Waals surface area (Å²) in [4.78, 5) is 4.79. The fourth-order valence-electron chi connectivity index (χ4n) is 4.74. The molecule has 6 aromatic rings. The van der Waals surface area contributed by atoms with E-state index in [4.69, 9.17) is 0 Å². The largest absolute Gasteiger partial charge is 0.311 e. The van der Waals surface area contributed by atoms with E-state index in [0.717, 1.165) is 23.6 Å². The van der Waals surface area contributed by atoms with Crippen LogP contribution < -0.4 is 14.9 Å². The predicted molar refractivity (Wildman–Crippen MR) is 174 cm³/mol. The number of aromatic nitrogens is 1. The summed E-state index contributed by atoms with van der Waals surface area (Å²) < 4.78 is 2.21. The van der Waals surface area contributed by atoms with Crippen molar-refractivity contribution in [3.8, 4) is 10.4 Å². The molecule has 0 amide bonds. The van der Waals surface area contributed by atoms with Crippen molar-refractivity contribution in [1.82, 2.24) is 0 Å². The lowest BCUT2D eigenvalue weighted by atomic mass is 9.95. The molecule has 0 saturated carbocycles. The van der Waals surface area contributed by atoms with Crippen molar-refractivity contribution in [2.45, 2.75) is 6.54 Å². The first kappa shape index (κ1) is 25.6. The quantitative estimate of drug-likeness (QED) is 0.144. The standard InChI is InChI=1S/C36H30BN2S/c37-31-16-11-29(12-17-31)27-38-25-23-28(24-26-38)13-20-35-21-22-36(40-35)30-14-18-34(19-15-30)39(32-7-3-1-4-8-32)33-9-5-2-6-10-33/h1-26H,27,37H2/q+1. The van der Waals surface area contributed by atoms with Crippen LogP contribution in [0.4, 0.5) is 17.1 Å². The summed E-state index contributed by atoms with van der Waals surface area (Å²) in [6.07, 6.45) is 8.69. The number of thiophene rings is 1. The van der Waals surface area contributed by atoms with Gasteiger partial charge in [0.05, 0.1) is 0 Å². The molecule has 0 spiro atoms. The van der Waals surface area contributed by atoms with Crippen LogP contribution >= 0.6 is 11.3 Å². The van der Waals surface area contributed by atoms with Crippen LogP contribution in [0.25, 0.3) is 22.6 Å². The number of benzene rings is 4. The van der Waals surface area contributed by atoms with Crippen LogP contribution in [0.2, 0.25) is 0 Å². The lowest BCUT2D eigenvalue weighted by Gasteiger charge is -2.25. The first-order valence-electron chi connectivity index (χ1n) is 13.5. The molecule has 0 unspecified atom stereocenters. The molecule has 0 bridgehead atoms. The third-order valence-corrected chi connectivity index (χ3v) is 8.01. The number of hydrogen-bond acceptors (Lipinski definition) is 2. The van der Waals surface area contributed by atoms with Gasteiger partial charge in [-0.15, -0.1) is 11.3 Å². The van der Waals surface area contributed by atoms with Crippen molar-refractivity contribution in [3.63, 3.8) is 0 Å². The van der Waals surface area contributed by atoms with Crippen molar-refractivity contribution in [2.75, 3.05) is 4.90 Å². The Morgan fingerprint density at radius 3 is 1.82 bits per heavy atom. The summed E-state index contributed by atoms with van der Waals surface area (Å²) in [7, 11) is 2.12. The van der Waals surface area contributed by atoms with Gasteiger partial charge in [0.25, 0.3) is 0 Å². The summed E-state index contributed by atoms with van der Waals surface area (Å²) in [6, 6.07) is 47.4. The van der Waals surface area contributed by atoms with E-state index < -0.39 is 0 Å². The van der Waals surface area contributed by atoms with E-state index >= 15 is 0 Å². The lowest BCUT2D eigenvalue weighted by molar-refractivity contribution is -0.688. The Morgan fingerprint density at radius 1 is 0.600 bits per heavy atom. The van der Waals surface area contributed by atoms with Gasteiger partial charge in [0, 0.05) is 44.5 Å². The molecule has 0 saturated heterocycles. The van der Waals surface area contributed by atoms with Crippen molar-refractivity contribution in [2.24, 2.45) is 0 Å². The summed E-state index contributed by atoms with van der Waals surface area (Å²) in [5.41, 5.74) is 8.46. The molecule has 6 rings (SSSR count). The van der Waals surface area contributed by atoms with Gasteiger partial charge in [-0.2, -0.15) is 0 Å². The third kappa shape index (κ3) is 6.14. The zero-order valence-corrected chi connectivity index (χ0v) is 23.3. The van der Waals surface area contributed by atoms with Crippen molar-refractivity contribution >= 4 is 53.9 Å². The Hall–Kier alpha value is -4.67. The summed E-state index contributed by atoms with van der Waals surface area (Å²) >= 11 is 1.81. The van der Waals surface area contributed by atoms with Gasteiger partial charge in [-0.25, -0.2) is 4.57 Å². The molecule has 0 aliphatic carbocycles. The first-order chi connectivity index (χ1) is 19.7. The molecule has 0 radical (unpaired) electrons. The van der Waals surface area contributed by atoms with Crippen LogP contribution in [0.5, 0.6) is 0 Å². The Bertz CT molecular complexity index is 1650. The molecule has 0 N–H and O–H groups in total. The molecule has 2 heterocycles. The minimum atomic E-state index is 0.881. The number of nitrogens with zero attached hydrogens (tertiary/aromatic N) is 2. The minimum Gasteiger partial charge on any atom is -0.311 e. The van der Waals surface area contributed by atoms with Crippen molar-refractivity contribution < 1.29 is 4.57 Å². The zero-order chi connectivity index (χ0) is 27.1. The minimum absolute atomic E-state index is 0.881. The van der Waals surface area contributed by atoms with Gasteiger partial charge in [0.1, 0.15) is 7.85 Å². The fraction of sp³-hybridized carbons (Fsp3) is 0.0278. The summed E-state index contributed by atoms with van der Waals surface area (Å²) in [5.74, 6) is 0. The van der Waals surface area contributed by atoms with Crippen LogP contribution in [0, 0.1) is 0 Å². The molecule has 4 heteroatoms. The highest BCUT2D eigenvalue weighted by molar-refractivity contribution is 7.16. The van der Waals surface area contributed by atoms with E-state index in [-0.39, 0.29) is 0 Å². The average Bonchev–Trinajstić information content (AvgIpc) is 3.49. The molecule has 192 valence electrons. The molecular formula is C36H30BN2S+. The Balaban J connectivity index is 1.15. The number of pyridine rings is 1.